The Bertz CT molecular complexity index is 411. The van der Waals surface area contributed by atoms with Gasteiger partial charge in [-0.15, -0.1) is 0 Å². The molecule has 0 amide bonds. The summed E-state index contributed by atoms with van der Waals surface area (Å²) in [6.45, 7) is 6.61. The molecule has 0 unspecified atom stereocenters. The van der Waals surface area contributed by atoms with Crippen LogP contribution < -0.4 is 10.6 Å². The fourth-order valence-electron chi connectivity index (χ4n) is 3.35. The van der Waals surface area contributed by atoms with Crippen LogP contribution in [0, 0.1) is 0 Å². The van der Waals surface area contributed by atoms with E-state index in [1.807, 2.05) is 12.3 Å². The third kappa shape index (κ3) is 2.66. The summed E-state index contributed by atoms with van der Waals surface area (Å²) >= 11 is 0. The number of rotatable bonds is 3. The number of nitrogens with zero attached hydrogens (tertiary/aromatic N) is 3. The summed E-state index contributed by atoms with van der Waals surface area (Å²) in [4.78, 5) is 9.38. The minimum Gasteiger partial charge on any atom is -0.381 e. The van der Waals surface area contributed by atoms with Crippen LogP contribution in [0.25, 0.3) is 0 Å². The molecule has 5 nitrogen and oxygen atoms in total. The number of ether oxygens (including phenoxy) is 1. The van der Waals surface area contributed by atoms with E-state index in [-0.39, 0.29) is 5.54 Å². The normalized spacial score (nSPS) is 23.8. The Morgan fingerprint density at radius 2 is 1.90 bits per heavy atom. The third-order valence-corrected chi connectivity index (χ3v) is 4.73. The van der Waals surface area contributed by atoms with Gasteiger partial charge in [0.15, 0.2) is 0 Å². The Labute approximate surface area is 120 Å². The predicted molar refractivity (Wildman–Crippen MR) is 79.9 cm³/mol. The van der Waals surface area contributed by atoms with Crippen molar-refractivity contribution < 1.29 is 4.74 Å². The van der Waals surface area contributed by atoms with Crippen molar-refractivity contribution in [2.45, 2.75) is 18.4 Å². The van der Waals surface area contributed by atoms with Gasteiger partial charge < -0.3 is 15.4 Å². The number of nitrogens with two attached hydrogens (primary N) is 1. The molecule has 0 aromatic carbocycles. The van der Waals surface area contributed by atoms with Crippen molar-refractivity contribution in [3.8, 4) is 0 Å². The lowest BCUT2D eigenvalue weighted by atomic mass is 9.87. The van der Waals surface area contributed by atoms with Crippen LogP contribution in [-0.2, 0) is 4.74 Å². The molecular formula is C15H24N4O. The molecule has 0 saturated carbocycles. The summed E-state index contributed by atoms with van der Waals surface area (Å²) in [6, 6.07) is 6.10. The Kier molecular flexibility index (Phi) is 4.19. The highest BCUT2D eigenvalue weighted by Gasteiger charge is 2.38. The number of anilines is 1. The van der Waals surface area contributed by atoms with E-state index in [0.29, 0.717) is 0 Å². The van der Waals surface area contributed by atoms with Gasteiger partial charge in [-0.1, -0.05) is 6.07 Å². The maximum absolute atomic E-state index is 6.09. The summed E-state index contributed by atoms with van der Waals surface area (Å²) in [5.74, 6) is 1.08. The summed E-state index contributed by atoms with van der Waals surface area (Å²) in [5, 5.41) is 0. The fraction of sp³-hybridized carbons (Fsp3) is 0.667. The first-order valence-electron chi connectivity index (χ1n) is 7.53. The highest BCUT2D eigenvalue weighted by atomic mass is 16.5. The summed E-state index contributed by atoms with van der Waals surface area (Å²) in [7, 11) is 0. The molecule has 110 valence electrons. The van der Waals surface area contributed by atoms with Crippen molar-refractivity contribution in [2.24, 2.45) is 5.73 Å². The van der Waals surface area contributed by atoms with E-state index in [0.717, 1.165) is 64.6 Å². The second kappa shape index (κ2) is 6.08. The second-order valence-electron chi connectivity index (χ2n) is 5.70. The van der Waals surface area contributed by atoms with Gasteiger partial charge in [-0.2, -0.15) is 0 Å². The molecule has 2 saturated heterocycles. The van der Waals surface area contributed by atoms with E-state index in [4.69, 9.17) is 10.5 Å². The molecule has 2 fully saturated rings. The second-order valence-corrected chi connectivity index (χ2v) is 5.70. The van der Waals surface area contributed by atoms with Crippen molar-refractivity contribution >= 4 is 5.82 Å². The lowest BCUT2D eigenvalue weighted by Crippen LogP contribution is -2.62. The zero-order valence-corrected chi connectivity index (χ0v) is 12.0. The molecule has 2 aliphatic rings. The SMILES string of the molecule is NCC1(N2CCN(c3ccccn3)CC2)CCOCC1. The Morgan fingerprint density at radius 3 is 2.50 bits per heavy atom. The van der Waals surface area contributed by atoms with Gasteiger partial charge in [0.25, 0.3) is 0 Å². The molecule has 5 heteroatoms. The quantitative estimate of drug-likeness (QED) is 0.881. The minimum absolute atomic E-state index is 0.161. The molecule has 1 aromatic rings. The standard InChI is InChI=1S/C15H24N4O/c16-13-15(4-11-20-12-5-15)19-9-7-18(8-10-19)14-3-1-2-6-17-14/h1-3,6H,4-5,7-13,16H2. The van der Waals surface area contributed by atoms with Crippen LogP contribution in [0.1, 0.15) is 12.8 Å². The van der Waals surface area contributed by atoms with E-state index in [1.165, 1.54) is 0 Å². The summed E-state index contributed by atoms with van der Waals surface area (Å²) in [6.07, 6.45) is 3.99. The fourth-order valence-corrected chi connectivity index (χ4v) is 3.35. The van der Waals surface area contributed by atoms with E-state index in [9.17, 15) is 0 Å². The summed E-state index contributed by atoms with van der Waals surface area (Å²) in [5.41, 5.74) is 6.25. The topological polar surface area (TPSA) is 54.6 Å². The number of piperazine rings is 1. The van der Waals surface area contributed by atoms with Gasteiger partial charge in [0, 0.05) is 57.7 Å². The lowest BCUT2D eigenvalue weighted by Gasteiger charge is -2.49. The van der Waals surface area contributed by atoms with Crippen molar-refractivity contribution in [1.82, 2.24) is 9.88 Å². The van der Waals surface area contributed by atoms with E-state index >= 15 is 0 Å². The van der Waals surface area contributed by atoms with Crippen LogP contribution in [0.3, 0.4) is 0 Å². The average Bonchev–Trinajstić information content (AvgIpc) is 2.56. The Morgan fingerprint density at radius 1 is 1.15 bits per heavy atom. The first-order valence-corrected chi connectivity index (χ1v) is 7.53. The molecule has 20 heavy (non-hydrogen) atoms. The van der Waals surface area contributed by atoms with Crippen molar-refractivity contribution in [2.75, 3.05) is 50.8 Å². The van der Waals surface area contributed by atoms with Crippen molar-refractivity contribution in [3.05, 3.63) is 24.4 Å². The molecule has 0 spiro atoms. The van der Waals surface area contributed by atoms with Gasteiger partial charge >= 0.3 is 0 Å². The number of pyridine rings is 1. The van der Waals surface area contributed by atoms with Crippen molar-refractivity contribution in [1.29, 1.82) is 0 Å². The zero-order valence-electron chi connectivity index (χ0n) is 12.0. The number of aromatic nitrogens is 1. The summed E-state index contributed by atoms with van der Waals surface area (Å²) < 4.78 is 5.51. The van der Waals surface area contributed by atoms with Gasteiger partial charge in [0.05, 0.1) is 0 Å². The minimum atomic E-state index is 0.161. The monoisotopic (exact) mass is 276 g/mol. The predicted octanol–water partition coefficient (Wildman–Crippen LogP) is 0.711. The molecule has 1 aromatic heterocycles. The van der Waals surface area contributed by atoms with Gasteiger partial charge in [-0.3, -0.25) is 4.90 Å². The van der Waals surface area contributed by atoms with Crippen LogP contribution in [0.5, 0.6) is 0 Å². The van der Waals surface area contributed by atoms with Crippen molar-refractivity contribution in [3.63, 3.8) is 0 Å². The highest BCUT2D eigenvalue weighted by molar-refractivity contribution is 5.38. The number of hydrogen-bond donors (Lipinski definition) is 1. The van der Waals surface area contributed by atoms with Crippen LogP contribution in [0.15, 0.2) is 24.4 Å². The number of hydrogen-bond acceptors (Lipinski definition) is 5. The molecule has 0 radical (unpaired) electrons. The third-order valence-electron chi connectivity index (χ3n) is 4.73. The highest BCUT2D eigenvalue weighted by Crippen LogP contribution is 2.28. The van der Waals surface area contributed by atoms with Crippen LogP contribution in [0.2, 0.25) is 0 Å². The van der Waals surface area contributed by atoms with Crippen LogP contribution >= 0.6 is 0 Å². The largest absolute Gasteiger partial charge is 0.381 e. The van der Waals surface area contributed by atoms with Gasteiger partial charge in [0.2, 0.25) is 0 Å². The molecule has 3 heterocycles. The van der Waals surface area contributed by atoms with Gasteiger partial charge in [-0.05, 0) is 25.0 Å². The van der Waals surface area contributed by atoms with Crippen LogP contribution in [-0.4, -0.2) is 61.4 Å². The zero-order chi connectivity index (χ0) is 13.8. The smallest absolute Gasteiger partial charge is 0.128 e. The van der Waals surface area contributed by atoms with Crippen LogP contribution in [0.4, 0.5) is 5.82 Å². The molecule has 2 aliphatic heterocycles. The first kappa shape index (κ1) is 13.8. The average molecular weight is 276 g/mol. The molecule has 0 aliphatic carbocycles. The van der Waals surface area contributed by atoms with Gasteiger partial charge in [0.1, 0.15) is 5.82 Å². The molecule has 2 N–H and O–H groups in total. The molecule has 0 bridgehead atoms. The van der Waals surface area contributed by atoms with E-state index in [2.05, 4.69) is 26.9 Å². The molecule has 3 rings (SSSR count). The van der Waals surface area contributed by atoms with Gasteiger partial charge in [-0.25, -0.2) is 4.98 Å². The first-order chi connectivity index (χ1) is 9.84. The Balaban J connectivity index is 1.63. The van der Waals surface area contributed by atoms with E-state index in [1.54, 1.807) is 0 Å². The Hall–Kier alpha value is -1.17. The maximum atomic E-state index is 6.09. The molecular weight excluding hydrogens is 252 g/mol. The maximum Gasteiger partial charge on any atom is 0.128 e. The lowest BCUT2D eigenvalue weighted by molar-refractivity contribution is -0.0263. The van der Waals surface area contributed by atoms with E-state index < -0.39 is 0 Å². The molecule has 0 atom stereocenters.